The first kappa shape index (κ1) is 13.6. The SMILES string of the molecule is CCOc1cc(C(F)F)cc(CC)c1C(C)=O. The number of rotatable bonds is 5. The second kappa shape index (κ2) is 5.75. The van der Waals surface area contributed by atoms with Gasteiger partial charge in [-0.05, 0) is 38.0 Å². The zero-order valence-corrected chi connectivity index (χ0v) is 10.2. The third-order valence-corrected chi connectivity index (χ3v) is 2.49. The van der Waals surface area contributed by atoms with Gasteiger partial charge in [-0.3, -0.25) is 4.79 Å². The fourth-order valence-corrected chi connectivity index (χ4v) is 1.77. The molecule has 17 heavy (non-hydrogen) atoms. The highest BCUT2D eigenvalue weighted by atomic mass is 19.3. The first-order valence-electron chi connectivity index (χ1n) is 5.59. The number of ketones is 1. The fourth-order valence-electron chi connectivity index (χ4n) is 1.77. The molecular formula is C13H16F2O2. The monoisotopic (exact) mass is 242 g/mol. The number of benzene rings is 1. The van der Waals surface area contributed by atoms with E-state index in [1.165, 1.54) is 19.1 Å². The van der Waals surface area contributed by atoms with Crippen LogP contribution in [-0.4, -0.2) is 12.4 Å². The summed E-state index contributed by atoms with van der Waals surface area (Å²) in [6.45, 7) is 5.34. The van der Waals surface area contributed by atoms with Crippen LogP contribution in [0.5, 0.6) is 5.75 Å². The second-order valence-electron chi connectivity index (χ2n) is 3.70. The molecule has 0 atom stereocenters. The van der Waals surface area contributed by atoms with Crippen molar-refractivity contribution >= 4 is 5.78 Å². The van der Waals surface area contributed by atoms with Crippen molar-refractivity contribution in [3.8, 4) is 5.75 Å². The molecule has 0 fully saturated rings. The van der Waals surface area contributed by atoms with Crippen LogP contribution < -0.4 is 4.74 Å². The van der Waals surface area contributed by atoms with Gasteiger partial charge in [-0.25, -0.2) is 8.78 Å². The third-order valence-electron chi connectivity index (χ3n) is 2.49. The van der Waals surface area contributed by atoms with Crippen molar-refractivity contribution in [3.05, 3.63) is 28.8 Å². The van der Waals surface area contributed by atoms with Crippen molar-refractivity contribution in [2.24, 2.45) is 0 Å². The van der Waals surface area contributed by atoms with E-state index >= 15 is 0 Å². The van der Waals surface area contributed by atoms with Gasteiger partial charge in [0.2, 0.25) is 0 Å². The van der Waals surface area contributed by atoms with Crippen molar-refractivity contribution in [1.82, 2.24) is 0 Å². The summed E-state index contributed by atoms with van der Waals surface area (Å²) < 4.78 is 30.7. The number of carbonyl (C=O) groups excluding carboxylic acids is 1. The normalized spacial score (nSPS) is 10.7. The molecule has 0 aliphatic rings. The minimum absolute atomic E-state index is 0.102. The molecule has 0 aliphatic carbocycles. The maximum absolute atomic E-state index is 12.7. The van der Waals surface area contributed by atoms with Crippen molar-refractivity contribution in [2.45, 2.75) is 33.6 Å². The van der Waals surface area contributed by atoms with Gasteiger partial charge in [0.1, 0.15) is 5.75 Å². The van der Waals surface area contributed by atoms with Gasteiger partial charge in [-0.15, -0.1) is 0 Å². The Morgan fingerprint density at radius 2 is 2.00 bits per heavy atom. The molecule has 0 radical (unpaired) electrons. The van der Waals surface area contributed by atoms with E-state index in [0.29, 0.717) is 24.2 Å². The first-order chi connectivity index (χ1) is 8.01. The molecule has 0 bridgehead atoms. The predicted molar refractivity (Wildman–Crippen MR) is 62.0 cm³/mol. The number of ether oxygens (including phenoxy) is 1. The maximum Gasteiger partial charge on any atom is 0.263 e. The van der Waals surface area contributed by atoms with E-state index in [-0.39, 0.29) is 17.1 Å². The molecule has 1 aromatic carbocycles. The van der Waals surface area contributed by atoms with E-state index in [1.54, 1.807) is 6.92 Å². The van der Waals surface area contributed by atoms with E-state index in [4.69, 9.17) is 4.74 Å². The van der Waals surface area contributed by atoms with Gasteiger partial charge in [0.15, 0.2) is 5.78 Å². The fraction of sp³-hybridized carbons (Fsp3) is 0.462. The van der Waals surface area contributed by atoms with Crippen molar-refractivity contribution in [2.75, 3.05) is 6.61 Å². The van der Waals surface area contributed by atoms with Gasteiger partial charge in [0.25, 0.3) is 6.43 Å². The van der Waals surface area contributed by atoms with Crippen LogP contribution in [0.4, 0.5) is 8.78 Å². The summed E-state index contributed by atoms with van der Waals surface area (Å²) in [5.74, 6) is 0.0979. The summed E-state index contributed by atoms with van der Waals surface area (Å²) in [7, 11) is 0. The lowest BCUT2D eigenvalue weighted by Crippen LogP contribution is -2.06. The topological polar surface area (TPSA) is 26.3 Å². The Bertz CT molecular complexity index is 414. The van der Waals surface area contributed by atoms with E-state index in [2.05, 4.69) is 0 Å². The molecule has 0 spiro atoms. The molecule has 0 aromatic heterocycles. The molecule has 4 heteroatoms. The Kier molecular flexibility index (Phi) is 4.61. The van der Waals surface area contributed by atoms with E-state index in [1.807, 2.05) is 6.92 Å². The summed E-state index contributed by atoms with van der Waals surface area (Å²) in [6, 6.07) is 2.63. The predicted octanol–water partition coefficient (Wildman–Crippen LogP) is 3.79. The minimum Gasteiger partial charge on any atom is -0.493 e. The molecule has 0 saturated heterocycles. The molecule has 0 amide bonds. The Hall–Kier alpha value is -1.45. The summed E-state index contributed by atoms with van der Waals surface area (Å²) >= 11 is 0. The Morgan fingerprint density at radius 3 is 2.41 bits per heavy atom. The first-order valence-corrected chi connectivity index (χ1v) is 5.59. The van der Waals surface area contributed by atoms with Crippen LogP contribution in [0.1, 0.15) is 48.7 Å². The van der Waals surface area contributed by atoms with E-state index in [0.717, 1.165) is 0 Å². The molecule has 0 heterocycles. The molecule has 1 rings (SSSR count). The largest absolute Gasteiger partial charge is 0.493 e. The smallest absolute Gasteiger partial charge is 0.263 e. The van der Waals surface area contributed by atoms with Crippen LogP contribution in [0.15, 0.2) is 12.1 Å². The van der Waals surface area contributed by atoms with Crippen LogP contribution >= 0.6 is 0 Å². The van der Waals surface area contributed by atoms with Gasteiger partial charge < -0.3 is 4.74 Å². The van der Waals surface area contributed by atoms with Gasteiger partial charge >= 0.3 is 0 Å². The quantitative estimate of drug-likeness (QED) is 0.734. The highest BCUT2D eigenvalue weighted by Crippen LogP contribution is 2.30. The average molecular weight is 242 g/mol. The lowest BCUT2D eigenvalue weighted by atomic mass is 9.98. The zero-order valence-electron chi connectivity index (χ0n) is 10.2. The number of Topliss-reactive ketones (excluding diaryl/α,β-unsaturated/α-hetero) is 1. The molecule has 2 nitrogen and oxygen atoms in total. The van der Waals surface area contributed by atoms with Gasteiger partial charge in [-0.2, -0.15) is 0 Å². The molecule has 0 aliphatic heterocycles. The molecule has 1 aromatic rings. The Morgan fingerprint density at radius 1 is 1.35 bits per heavy atom. The van der Waals surface area contributed by atoms with Crippen LogP contribution in [0, 0.1) is 0 Å². The standard InChI is InChI=1S/C13H16F2O2/c1-4-9-6-10(13(14)15)7-11(17-5-2)12(9)8(3)16/h6-7,13H,4-5H2,1-3H3. The van der Waals surface area contributed by atoms with Crippen LogP contribution in [0.2, 0.25) is 0 Å². The van der Waals surface area contributed by atoms with Crippen LogP contribution in [-0.2, 0) is 6.42 Å². The van der Waals surface area contributed by atoms with Crippen molar-refractivity contribution in [1.29, 1.82) is 0 Å². The van der Waals surface area contributed by atoms with Crippen molar-refractivity contribution < 1.29 is 18.3 Å². The van der Waals surface area contributed by atoms with Crippen LogP contribution in [0.25, 0.3) is 0 Å². The highest BCUT2D eigenvalue weighted by Gasteiger charge is 2.18. The number of alkyl halides is 2. The molecule has 94 valence electrons. The number of halogens is 2. The summed E-state index contributed by atoms with van der Waals surface area (Å²) in [5.41, 5.74) is 0.924. The van der Waals surface area contributed by atoms with Gasteiger partial charge in [0.05, 0.1) is 12.2 Å². The Labute approximate surface area is 99.6 Å². The summed E-state index contributed by atoms with van der Waals surface area (Å²) in [6.07, 6.45) is -2.03. The van der Waals surface area contributed by atoms with Crippen molar-refractivity contribution in [3.63, 3.8) is 0 Å². The Balaban J connectivity index is 3.40. The lowest BCUT2D eigenvalue weighted by Gasteiger charge is -2.14. The molecule has 0 N–H and O–H groups in total. The van der Waals surface area contributed by atoms with Gasteiger partial charge in [0, 0.05) is 5.56 Å². The zero-order chi connectivity index (χ0) is 13.0. The third kappa shape index (κ3) is 3.02. The number of hydrogen-bond donors (Lipinski definition) is 0. The molecular weight excluding hydrogens is 226 g/mol. The lowest BCUT2D eigenvalue weighted by molar-refractivity contribution is 0.101. The maximum atomic E-state index is 12.7. The van der Waals surface area contributed by atoms with Crippen LogP contribution in [0.3, 0.4) is 0 Å². The summed E-state index contributed by atoms with van der Waals surface area (Å²) in [5, 5.41) is 0. The highest BCUT2D eigenvalue weighted by molar-refractivity contribution is 5.98. The number of aryl methyl sites for hydroxylation is 1. The van der Waals surface area contributed by atoms with Gasteiger partial charge in [-0.1, -0.05) is 6.92 Å². The van der Waals surface area contributed by atoms with E-state index in [9.17, 15) is 13.6 Å². The minimum atomic E-state index is -2.56. The summed E-state index contributed by atoms with van der Waals surface area (Å²) in [4.78, 5) is 11.5. The molecule has 0 unspecified atom stereocenters. The number of carbonyl (C=O) groups is 1. The average Bonchev–Trinajstić information content (AvgIpc) is 2.27. The second-order valence-corrected chi connectivity index (χ2v) is 3.70. The number of hydrogen-bond acceptors (Lipinski definition) is 2. The van der Waals surface area contributed by atoms with E-state index < -0.39 is 6.43 Å². The molecule has 0 saturated carbocycles.